The molecule has 1 amide bonds. The van der Waals surface area contributed by atoms with E-state index in [0.29, 0.717) is 10.6 Å². The van der Waals surface area contributed by atoms with E-state index in [4.69, 9.17) is 44.8 Å². The van der Waals surface area contributed by atoms with Crippen LogP contribution in [0.25, 0.3) is 6.08 Å². The molecule has 2 aromatic carbocycles. The summed E-state index contributed by atoms with van der Waals surface area (Å²) in [6.07, 6.45) is 4.08. The molecule has 0 aliphatic rings. The third-order valence-electron chi connectivity index (χ3n) is 3.84. The lowest BCUT2D eigenvalue weighted by Crippen LogP contribution is -2.24. The molecule has 0 bridgehead atoms. The van der Waals surface area contributed by atoms with Crippen LogP contribution in [0.5, 0.6) is 11.5 Å². The second kappa shape index (κ2) is 9.63. The van der Waals surface area contributed by atoms with Gasteiger partial charge in [-0.05, 0) is 35.9 Å². The Labute approximate surface area is 185 Å². The zero-order chi connectivity index (χ0) is 21.7. The van der Waals surface area contributed by atoms with Crippen LogP contribution >= 0.6 is 34.8 Å². The topological polar surface area (TPSA) is 90.8 Å². The molecule has 0 aliphatic heterocycles. The number of rotatable bonds is 6. The van der Waals surface area contributed by atoms with Crippen molar-refractivity contribution >= 4 is 46.8 Å². The Morgan fingerprint density at radius 1 is 1.30 bits per heavy atom. The Hall–Kier alpha value is -3.05. The minimum absolute atomic E-state index is 0.000563. The number of nitriles is 1. The predicted molar refractivity (Wildman–Crippen MR) is 112 cm³/mol. The number of nitrogens with zero attached hydrogens (tertiary/aromatic N) is 2. The highest BCUT2D eigenvalue weighted by Gasteiger charge is 2.18. The number of aromatic nitrogens is 2. The van der Waals surface area contributed by atoms with E-state index in [0.717, 1.165) is 0 Å². The molecule has 0 spiro atoms. The van der Waals surface area contributed by atoms with Crippen molar-refractivity contribution in [3.05, 3.63) is 80.6 Å². The summed E-state index contributed by atoms with van der Waals surface area (Å²) in [5.41, 5.74) is 0.732. The molecule has 0 radical (unpaired) electrons. The molecule has 2 N–H and O–H groups in total. The number of nitrogens with one attached hydrogen (secondary N) is 2. The first kappa shape index (κ1) is 21.7. The second-order valence-electron chi connectivity index (χ2n) is 5.88. The van der Waals surface area contributed by atoms with Crippen molar-refractivity contribution in [1.29, 1.82) is 5.26 Å². The van der Waals surface area contributed by atoms with Gasteiger partial charge in [-0.15, -0.1) is 0 Å². The van der Waals surface area contributed by atoms with Gasteiger partial charge in [0.25, 0.3) is 5.91 Å². The monoisotopic (exact) mass is 464 g/mol. The molecule has 0 aliphatic carbocycles. The van der Waals surface area contributed by atoms with Crippen LogP contribution in [0.1, 0.15) is 21.6 Å². The summed E-state index contributed by atoms with van der Waals surface area (Å²) in [5, 5.41) is 11.6. The Balaban J connectivity index is 1.82. The molecule has 0 unspecified atom stereocenters. The van der Waals surface area contributed by atoms with Crippen LogP contribution in [-0.2, 0) is 6.54 Å². The zero-order valence-corrected chi connectivity index (χ0v) is 17.3. The minimum atomic E-state index is -0.745. The molecule has 6 nitrogen and oxygen atoms in total. The number of imidazole rings is 1. The maximum atomic E-state index is 15.0. The number of halogens is 4. The number of benzene rings is 2. The van der Waals surface area contributed by atoms with Gasteiger partial charge in [-0.3, -0.25) is 4.79 Å². The summed E-state index contributed by atoms with van der Waals surface area (Å²) in [4.78, 5) is 18.5. The van der Waals surface area contributed by atoms with Crippen LogP contribution in [0.2, 0.25) is 15.2 Å². The van der Waals surface area contributed by atoms with E-state index in [1.807, 2.05) is 6.07 Å². The first-order chi connectivity index (χ1) is 14.4. The number of carbonyl (C=O) groups is 1. The van der Waals surface area contributed by atoms with Crippen LogP contribution in [-0.4, -0.2) is 15.9 Å². The van der Waals surface area contributed by atoms with E-state index in [1.165, 1.54) is 36.7 Å². The summed E-state index contributed by atoms with van der Waals surface area (Å²) >= 11 is 18.0. The second-order valence-corrected chi connectivity index (χ2v) is 7.10. The van der Waals surface area contributed by atoms with Crippen LogP contribution in [0.15, 0.2) is 42.7 Å². The third-order valence-corrected chi connectivity index (χ3v) is 4.64. The van der Waals surface area contributed by atoms with E-state index in [-0.39, 0.29) is 39.5 Å². The summed E-state index contributed by atoms with van der Waals surface area (Å²) < 4.78 is 20.6. The van der Waals surface area contributed by atoms with Gasteiger partial charge in [-0.2, -0.15) is 5.26 Å². The molecule has 0 saturated heterocycles. The third kappa shape index (κ3) is 5.10. The zero-order valence-electron chi connectivity index (χ0n) is 15.0. The van der Waals surface area contributed by atoms with E-state index >= 15 is 0 Å². The first-order valence-corrected chi connectivity index (χ1v) is 9.51. The van der Waals surface area contributed by atoms with E-state index in [1.54, 1.807) is 12.1 Å². The summed E-state index contributed by atoms with van der Waals surface area (Å²) in [6.45, 7) is -0.146. The van der Waals surface area contributed by atoms with Gasteiger partial charge in [0, 0.05) is 23.2 Å². The highest BCUT2D eigenvalue weighted by Crippen LogP contribution is 2.35. The van der Waals surface area contributed by atoms with Gasteiger partial charge in [0.05, 0.1) is 17.4 Å². The average Bonchev–Trinajstić information content (AvgIpc) is 3.14. The maximum Gasteiger partial charge on any atom is 0.273 e. The molecule has 0 saturated carbocycles. The van der Waals surface area contributed by atoms with Crippen molar-refractivity contribution in [2.75, 3.05) is 0 Å². The van der Waals surface area contributed by atoms with Gasteiger partial charge in [0.15, 0.2) is 17.3 Å². The van der Waals surface area contributed by atoms with Gasteiger partial charge in [-0.25, -0.2) is 9.37 Å². The molecule has 3 rings (SSSR count). The molecule has 10 heteroatoms. The number of aromatic amines is 1. The normalized spacial score (nSPS) is 10.8. The molecule has 152 valence electrons. The Morgan fingerprint density at radius 2 is 2.10 bits per heavy atom. The summed E-state index contributed by atoms with van der Waals surface area (Å²) in [5.74, 6) is -1.31. The lowest BCUT2D eigenvalue weighted by atomic mass is 10.1. The van der Waals surface area contributed by atoms with Gasteiger partial charge < -0.3 is 15.0 Å². The SMILES string of the molecule is N#CC=Cc1cc(Cl)cc(Oc2c(Cl)ccc(CNC(=O)c3nc[nH]c3Cl)c2F)c1. The van der Waals surface area contributed by atoms with Gasteiger partial charge >= 0.3 is 0 Å². The molecule has 3 aromatic rings. The molecule has 30 heavy (non-hydrogen) atoms. The number of ether oxygens (including phenoxy) is 1. The molecular weight excluding hydrogens is 454 g/mol. The van der Waals surface area contributed by atoms with Gasteiger partial charge in [0.2, 0.25) is 0 Å². The summed E-state index contributed by atoms with van der Waals surface area (Å²) in [6, 6.07) is 9.42. The number of H-pyrrole nitrogens is 1. The molecule has 0 atom stereocenters. The minimum Gasteiger partial charge on any atom is -0.453 e. The van der Waals surface area contributed by atoms with Crippen LogP contribution in [0.4, 0.5) is 4.39 Å². The van der Waals surface area contributed by atoms with Crippen molar-refractivity contribution in [3.8, 4) is 17.6 Å². The smallest absolute Gasteiger partial charge is 0.273 e. The fourth-order valence-electron chi connectivity index (χ4n) is 2.49. The van der Waals surface area contributed by atoms with Crippen LogP contribution in [0, 0.1) is 17.1 Å². The lowest BCUT2D eigenvalue weighted by Gasteiger charge is -2.13. The fourth-order valence-corrected chi connectivity index (χ4v) is 3.09. The molecule has 0 fully saturated rings. The quantitative estimate of drug-likeness (QED) is 0.452. The lowest BCUT2D eigenvalue weighted by molar-refractivity contribution is 0.0946. The average molecular weight is 466 g/mol. The van der Waals surface area contributed by atoms with Crippen molar-refractivity contribution in [3.63, 3.8) is 0 Å². The first-order valence-electron chi connectivity index (χ1n) is 8.37. The van der Waals surface area contributed by atoms with Crippen molar-refractivity contribution in [1.82, 2.24) is 15.3 Å². The standard InChI is InChI=1S/C20H12Cl3FN4O2/c21-13-6-11(2-1-5-25)7-14(8-13)30-18-15(22)4-3-12(16(18)24)9-26-20(29)17-19(23)28-10-27-17/h1-4,6-8,10H,9H2,(H,26,29)(H,27,28). The molecule has 1 aromatic heterocycles. The van der Waals surface area contributed by atoms with E-state index in [9.17, 15) is 9.18 Å². The van der Waals surface area contributed by atoms with Crippen LogP contribution < -0.4 is 10.1 Å². The highest BCUT2D eigenvalue weighted by molar-refractivity contribution is 6.32. The van der Waals surface area contributed by atoms with Crippen molar-refractivity contribution in [2.45, 2.75) is 6.54 Å². The van der Waals surface area contributed by atoms with Crippen molar-refractivity contribution < 1.29 is 13.9 Å². The molecular formula is C20H12Cl3FN4O2. The summed E-state index contributed by atoms with van der Waals surface area (Å²) in [7, 11) is 0. The molecule has 1 heterocycles. The van der Waals surface area contributed by atoms with Crippen LogP contribution in [0.3, 0.4) is 0 Å². The van der Waals surface area contributed by atoms with E-state index in [2.05, 4.69) is 15.3 Å². The largest absolute Gasteiger partial charge is 0.453 e. The fraction of sp³-hybridized carbons (Fsp3) is 0.0500. The predicted octanol–water partition coefficient (Wildman–Crippen LogP) is 5.77. The van der Waals surface area contributed by atoms with Gasteiger partial charge in [-0.1, -0.05) is 40.9 Å². The van der Waals surface area contributed by atoms with E-state index < -0.39 is 11.7 Å². The Morgan fingerprint density at radius 3 is 2.80 bits per heavy atom. The maximum absolute atomic E-state index is 15.0. The number of hydrogen-bond acceptors (Lipinski definition) is 4. The Bertz CT molecular complexity index is 1170. The number of allylic oxidation sites excluding steroid dienone is 1. The number of carbonyl (C=O) groups excluding carboxylic acids is 1. The number of hydrogen-bond donors (Lipinski definition) is 2. The Kier molecular flexibility index (Phi) is 6.95. The van der Waals surface area contributed by atoms with Crippen molar-refractivity contribution in [2.24, 2.45) is 0 Å². The highest BCUT2D eigenvalue weighted by atomic mass is 35.5. The number of amides is 1. The van der Waals surface area contributed by atoms with Gasteiger partial charge in [0.1, 0.15) is 10.9 Å².